The molecule has 6 heteroatoms. The van der Waals surface area contributed by atoms with Gasteiger partial charge in [0.25, 0.3) is 0 Å². The van der Waals surface area contributed by atoms with Crippen molar-refractivity contribution in [1.82, 2.24) is 0 Å². The van der Waals surface area contributed by atoms with Crippen LogP contribution in [0.1, 0.15) is 58.8 Å². The van der Waals surface area contributed by atoms with E-state index < -0.39 is 35.5 Å². The lowest BCUT2D eigenvalue weighted by atomic mass is 9.50. The van der Waals surface area contributed by atoms with E-state index in [4.69, 9.17) is 4.74 Å². The quantitative estimate of drug-likeness (QED) is 0.715. The Labute approximate surface area is 165 Å². The molecule has 0 aromatic heterocycles. The molecule has 154 valence electrons. The summed E-state index contributed by atoms with van der Waals surface area (Å²) in [4.78, 5) is 35.7. The lowest BCUT2D eigenvalue weighted by molar-refractivity contribution is -0.179. The van der Waals surface area contributed by atoms with E-state index >= 15 is 0 Å². The molecule has 2 N–H and O–H groups in total. The minimum Gasteiger partial charge on any atom is -0.458 e. The van der Waals surface area contributed by atoms with Gasteiger partial charge in [0, 0.05) is 18.8 Å². The highest BCUT2D eigenvalue weighted by Gasteiger charge is 2.69. The SMILES string of the molecule is CC(=O)OCC(=O)[C@@]1(O)[C@H](O)CC2C3CCC4=CC(=O)CC[C@@H]4C3CC[C@@]21C. The van der Waals surface area contributed by atoms with Crippen LogP contribution in [-0.4, -0.2) is 46.1 Å². The molecule has 0 aromatic rings. The Hall–Kier alpha value is -1.53. The van der Waals surface area contributed by atoms with E-state index in [0.29, 0.717) is 37.0 Å². The number of Topliss-reactive ketones (excluding diaryl/α,β-unsaturated/α-hetero) is 1. The number of rotatable bonds is 3. The number of aliphatic hydroxyl groups excluding tert-OH is 1. The van der Waals surface area contributed by atoms with E-state index in [1.165, 1.54) is 12.5 Å². The smallest absolute Gasteiger partial charge is 0.303 e. The first-order chi connectivity index (χ1) is 13.2. The monoisotopic (exact) mass is 390 g/mol. The van der Waals surface area contributed by atoms with Gasteiger partial charge in [-0.1, -0.05) is 12.5 Å². The molecule has 6 nitrogen and oxygen atoms in total. The highest BCUT2D eigenvalue weighted by molar-refractivity contribution is 5.92. The van der Waals surface area contributed by atoms with Gasteiger partial charge in [-0.25, -0.2) is 0 Å². The zero-order valence-corrected chi connectivity index (χ0v) is 16.6. The van der Waals surface area contributed by atoms with Crippen LogP contribution in [0.4, 0.5) is 0 Å². The summed E-state index contributed by atoms with van der Waals surface area (Å²) in [5.74, 6) is 0.303. The molecule has 0 spiro atoms. The van der Waals surface area contributed by atoms with E-state index in [0.717, 1.165) is 25.7 Å². The summed E-state index contributed by atoms with van der Waals surface area (Å²) in [6.07, 6.45) is 5.95. The third-order valence-electron chi connectivity index (χ3n) is 8.35. The molecule has 0 aliphatic heterocycles. The number of allylic oxidation sites excluding steroid dienone is 1. The van der Waals surface area contributed by atoms with Crippen LogP contribution in [0.5, 0.6) is 0 Å². The highest BCUT2D eigenvalue weighted by atomic mass is 16.5. The Kier molecular flexibility index (Phi) is 4.78. The van der Waals surface area contributed by atoms with Crippen molar-refractivity contribution >= 4 is 17.5 Å². The average molecular weight is 390 g/mol. The number of hydrogen-bond acceptors (Lipinski definition) is 6. The van der Waals surface area contributed by atoms with Crippen molar-refractivity contribution in [2.45, 2.75) is 70.5 Å². The second-order valence-corrected chi connectivity index (χ2v) is 9.48. The number of esters is 1. The van der Waals surface area contributed by atoms with Gasteiger partial charge in [0.2, 0.25) is 5.78 Å². The summed E-state index contributed by atoms with van der Waals surface area (Å²) < 4.78 is 4.84. The molecule has 3 unspecified atom stereocenters. The minimum atomic E-state index is -1.88. The molecule has 3 saturated carbocycles. The summed E-state index contributed by atoms with van der Waals surface area (Å²) in [6.45, 7) is 2.64. The zero-order valence-electron chi connectivity index (χ0n) is 16.6. The Bertz CT molecular complexity index is 741. The maximum atomic E-state index is 12.8. The van der Waals surface area contributed by atoms with Crippen LogP contribution in [0, 0.1) is 29.1 Å². The van der Waals surface area contributed by atoms with Gasteiger partial charge in [-0.15, -0.1) is 0 Å². The molecule has 0 bridgehead atoms. The van der Waals surface area contributed by atoms with Crippen LogP contribution in [0.3, 0.4) is 0 Å². The Morgan fingerprint density at radius 2 is 1.96 bits per heavy atom. The summed E-state index contributed by atoms with van der Waals surface area (Å²) in [5, 5.41) is 22.2. The first-order valence-corrected chi connectivity index (χ1v) is 10.5. The maximum absolute atomic E-state index is 12.8. The molecule has 4 rings (SSSR count). The molecule has 0 amide bonds. The third-order valence-corrected chi connectivity index (χ3v) is 8.35. The van der Waals surface area contributed by atoms with Gasteiger partial charge < -0.3 is 14.9 Å². The summed E-state index contributed by atoms with van der Waals surface area (Å²) in [5.41, 5.74) is -1.33. The molecule has 4 aliphatic rings. The molecule has 3 fully saturated rings. The van der Waals surface area contributed by atoms with Gasteiger partial charge in [0.05, 0.1) is 6.10 Å². The van der Waals surface area contributed by atoms with Gasteiger partial charge in [0.15, 0.2) is 18.0 Å². The molecule has 0 radical (unpaired) electrons. The fraction of sp³-hybridized carbons (Fsp3) is 0.773. The van der Waals surface area contributed by atoms with E-state index in [9.17, 15) is 24.6 Å². The number of fused-ring (bicyclic) bond motifs is 5. The van der Waals surface area contributed by atoms with Gasteiger partial charge in [-0.05, 0) is 68.3 Å². The van der Waals surface area contributed by atoms with Crippen LogP contribution in [0.25, 0.3) is 0 Å². The zero-order chi connectivity index (χ0) is 20.3. The van der Waals surface area contributed by atoms with Crippen molar-refractivity contribution in [3.05, 3.63) is 11.6 Å². The van der Waals surface area contributed by atoms with Gasteiger partial charge in [0.1, 0.15) is 0 Å². The standard InChI is InChI=1S/C22H30O6/c1-12(23)28-11-20(26)22(27)19(25)10-18-17-5-3-13-9-14(24)4-6-15(13)16(17)7-8-21(18,22)2/h9,15-19,25,27H,3-8,10-11H2,1-2H3/t15-,16?,17?,18?,19+,21-,22-/m0/s1. The second-order valence-electron chi connectivity index (χ2n) is 9.48. The predicted molar refractivity (Wildman–Crippen MR) is 100 cm³/mol. The molecule has 0 saturated heterocycles. The van der Waals surface area contributed by atoms with Crippen molar-refractivity contribution in [3.8, 4) is 0 Å². The van der Waals surface area contributed by atoms with Crippen LogP contribution < -0.4 is 0 Å². The largest absolute Gasteiger partial charge is 0.458 e. The first kappa shape index (κ1) is 19.8. The maximum Gasteiger partial charge on any atom is 0.303 e. The lowest BCUT2D eigenvalue weighted by Crippen LogP contribution is -2.60. The van der Waals surface area contributed by atoms with E-state index in [2.05, 4.69) is 0 Å². The van der Waals surface area contributed by atoms with Crippen molar-refractivity contribution in [2.75, 3.05) is 6.61 Å². The van der Waals surface area contributed by atoms with Crippen LogP contribution in [0.15, 0.2) is 11.6 Å². The van der Waals surface area contributed by atoms with Crippen molar-refractivity contribution in [3.63, 3.8) is 0 Å². The van der Waals surface area contributed by atoms with Crippen LogP contribution in [-0.2, 0) is 19.1 Å². The van der Waals surface area contributed by atoms with Crippen LogP contribution >= 0.6 is 0 Å². The normalized spacial score (nSPS) is 44.8. The predicted octanol–water partition coefficient (Wildman–Crippen LogP) is 1.96. The molecule has 4 aliphatic carbocycles. The number of carbonyl (C=O) groups is 3. The molecule has 7 atom stereocenters. The van der Waals surface area contributed by atoms with Gasteiger partial charge in [-0.3, -0.25) is 14.4 Å². The van der Waals surface area contributed by atoms with E-state index in [-0.39, 0.29) is 11.7 Å². The number of carbonyl (C=O) groups excluding carboxylic acids is 3. The number of hydrogen-bond donors (Lipinski definition) is 2. The van der Waals surface area contributed by atoms with Gasteiger partial charge >= 0.3 is 5.97 Å². The molecule has 0 aromatic carbocycles. The summed E-state index contributed by atoms with van der Waals surface area (Å²) >= 11 is 0. The highest BCUT2D eigenvalue weighted by Crippen LogP contribution is 2.65. The average Bonchev–Trinajstić information content (AvgIpc) is 2.87. The number of ketones is 2. The fourth-order valence-corrected chi connectivity index (χ4v) is 6.98. The van der Waals surface area contributed by atoms with Crippen molar-refractivity contribution in [2.24, 2.45) is 29.1 Å². The molecule has 28 heavy (non-hydrogen) atoms. The third kappa shape index (κ3) is 2.71. The van der Waals surface area contributed by atoms with Crippen LogP contribution in [0.2, 0.25) is 0 Å². The van der Waals surface area contributed by atoms with E-state index in [1.807, 2.05) is 13.0 Å². The lowest BCUT2D eigenvalue weighted by Gasteiger charge is -2.55. The second kappa shape index (κ2) is 6.77. The number of aliphatic hydroxyl groups is 2. The Morgan fingerprint density at radius 3 is 2.68 bits per heavy atom. The Morgan fingerprint density at radius 1 is 1.21 bits per heavy atom. The summed E-state index contributed by atoms with van der Waals surface area (Å²) in [7, 11) is 0. The minimum absolute atomic E-state index is 0.0479. The van der Waals surface area contributed by atoms with E-state index in [1.54, 1.807) is 0 Å². The first-order valence-electron chi connectivity index (χ1n) is 10.5. The van der Waals surface area contributed by atoms with Gasteiger partial charge in [-0.2, -0.15) is 0 Å². The molecular formula is C22H30O6. The molecular weight excluding hydrogens is 360 g/mol. The number of ether oxygens (including phenoxy) is 1. The summed E-state index contributed by atoms with van der Waals surface area (Å²) in [6, 6.07) is 0. The fourth-order valence-electron chi connectivity index (χ4n) is 6.98. The van der Waals surface area contributed by atoms with Crippen molar-refractivity contribution < 1.29 is 29.3 Å². The topological polar surface area (TPSA) is 101 Å². The Balaban J connectivity index is 1.61. The molecule has 0 heterocycles. The van der Waals surface area contributed by atoms with Crippen molar-refractivity contribution in [1.29, 1.82) is 0 Å².